The molecule has 0 radical (unpaired) electrons. The van der Waals surface area contributed by atoms with Gasteiger partial charge in [0.25, 0.3) is 15.2 Å². The average molecular weight is 573 g/mol. The third-order valence-electron chi connectivity index (χ3n) is 5.16. The molecule has 204 valence electrons. The van der Waals surface area contributed by atoms with Crippen LogP contribution in [0.4, 0.5) is 31.0 Å². The Morgan fingerprint density at radius 3 is 2.47 bits per heavy atom. The number of ether oxygens (including phenoxy) is 1. The first kappa shape index (κ1) is 28.8. The second-order valence-corrected chi connectivity index (χ2v) is 10.9. The van der Waals surface area contributed by atoms with Crippen molar-refractivity contribution in [1.82, 2.24) is 10.2 Å². The second-order valence-electron chi connectivity index (χ2n) is 8.27. The molecule has 0 saturated heterocycles. The van der Waals surface area contributed by atoms with Gasteiger partial charge in [-0.05, 0) is 51.3 Å². The topological polar surface area (TPSA) is 177 Å². The van der Waals surface area contributed by atoms with Crippen LogP contribution in [-0.4, -0.2) is 66.9 Å². The van der Waals surface area contributed by atoms with Crippen LogP contribution in [0.25, 0.3) is 0 Å². The van der Waals surface area contributed by atoms with Crippen molar-refractivity contribution in [3.05, 3.63) is 22.7 Å². The van der Waals surface area contributed by atoms with Crippen molar-refractivity contribution in [2.75, 3.05) is 22.8 Å². The van der Waals surface area contributed by atoms with Gasteiger partial charge in [0.2, 0.25) is 5.01 Å². The first-order valence-corrected chi connectivity index (χ1v) is 13.3. The maximum Gasteiger partial charge on any atom is 0.369 e. The number of aromatic nitrogens is 2. The van der Waals surface area contributed by atoms with E-state index < -0.39 is 34.4 Å². The number of fused-ring (bicyclic) bond motifs is 1. The van der Waals surface area contributed by atoms with Crippen molar-refractivity contribution >= 4 is 66.9 Å². The molecule has 2 heterocycles. The number of hydrogen-bond donors (Lipinski definition) is 1. The van der Waals surface area contributed by atoms with E-state index in [9.17, 15) is 36.4 Å². The molecule has 2 aromatic rings. The van der Waals surface area contributed by atoms with Gasteiger partial charge in [0.05, 0.1) is 18.3 Å². The van der Waals surface area contributed by atoms with Crippen LogP contribution in [-0.2, 0) is 35.6 Å². The highest BCUT2D eigenvalue weighted by Crippen LogP contribution is 2.40. The van der Waals surface area contributed by atoms with Gasteiger partial charge in [-0.15, -0.1) is 20.4 Å². The lowest BCUT2D eigenvalue weighted by Crippen LogP contribution is -2.46. The summed E-state index contributed by atoms with van der Waals surface area (Å²) in [6, 6.07) is 1.95. The maximum atomic E-state index is 13.1. The normalized spacial score (nSPS) is 15.4. The molecule has 3 rings (SSSR count). The molecule has 1 aliphatic rings. The fraction of sp³-hybridized carbons (Fsp3) is 0.429. The zero-order valence-corrected chi connectivity index (χ0v) is 21.9. The number of rotatable bonds is 11. The third kappa shape index (κ3) is 6.97. The van der Waals surface area contributed by atoms with Crippen molar-refractivity contribution in [3.8, 4) is 0 Å². The first-order chi connectivity index (χ1) is 17.8. The summed E-state index contributed by atoms with van der Waals surface area (Å²) in [5.74, 6) is -5.54. The van der Waals surface area contributed by atoms with E-state index in [4.69, 9.17) is 4.74 Å². The van der Waals surface area contributed by atoms with Gasteiger partial charge in [-0.1, -0.05) is 11.3 Å². The summed E-state index contributed by atoms with van der Waals surface area (Å²) in [6.07, 6.45) is 0.708. The van der Waals surface area contributed by atoms with Crippen molar-refractivity contribution < 1.29 is 41.1 Å². The minimum absolute atomic E-state index is 0.144. The Hall–Kier alpha value is -3.73. The highest BCUT2D eigenvalue weighted by molar-refractivity contribution is 7.93. The number of nitrogens with one attached hydrogen (secondary N) is 1. The van der Waals surface area contributed by atoms with Gasteiger partial charge in [0.1, 0.15) is 18.1 Å². The molecule has 0 aliphatic carbocycles. The second kappa shape index (κ2) is 11.8. The van der Waals surface area contributed by atoms with E-state index in [1.54, 1.807) is 4.72 Å². The van der Waals surface area contributed by atoms with Gasteiger partial charge in [-0.3, -0.25) is 19.1 Å². The quantitative estimate of drug-likeness (QED) is 0.311. The molecule has 0 bridgehead atoms. The van der Waals surface area contributed by atoms with Gasteiger partial charge in [-0.25, -0.2) is 13.2 Å². The maximum absolute atomic E-state index is 13.1. The molecule has 1 N–H and O–H groups in total. The molecule has 1 aliphatic heterocycles. The lowest BCUT2D eigenvalue weighted by molar-refractivity contribution is -0.120. The average Bonchev–Trinajstić information content (AvgIpc) is 3.30. The van der Waals surface area contributed by atoms with Gasteiger partial charge in [0.15, 0.2) is 11.6 Å². The Morgan fingerprint density at radius 2 is 1.87 bits per heavy atom. The van der Waals surface area contributed by atoms with Crippen molar-refractivity contribution in [1.29, 1.82) is 0 Å². The van der Waals surface area contributed by atoms with E-state index in [2.05, 4.69) is 20.4 Å². The number of aryl methyl sites for hydroxylation is 1. The molecule has 38 heavy (non-hydrogen) atoms. The molecular formula is C21H22F2N6O7S2. The van der Waals surface area contributed by atoms with Gasteiger partial charge < -0.3 is 9.64 Å². The van der Waals surface area contributed by atoms with Crippen LogP contribution in [0.2, 0.25) is 0 Å². The largest absolute Gasteiger partial charge is 0.452 e. The van der Waals surface area contributed by atoms with Crippen LogP contribution < -0.4 is 9.62 Å². The Morgan fingerprint density at radius 1 is 1.16 bits per heavy atom. The summed E-state index contributed by atoms with van der Waals surface area (Å²) < 4.78 is 56.7. The monoisotopic (exact) mass is 572 g/mol. The number of sulfonamides is 1. The molecule has 1 atom stereocenters. The van der Waals surface area contributed by atoms with E-state index in [0.717, 1.165) is 0 Å². The summed E-state index contributed by atoms with van der Waals surface area (Å²) in [5, 5.41) is 14.6. The Bertz CT molecular complexity index is 1410. The molecule has 0 spiro atoms. The summed E-state index contributed by atoms with van der Waals surface area (Å²) in [4.78, 5) is 48.5. The number of ketones is 3. The molecule has 1 aromatic carbocycles. The lowest BCUT2D eigenvalue weighted by Gasteiger charge is -2.37. The van der Waals surface area contributed by atoms with E-state index in [1.807, 2.05) is 0 Å². The standard InChI is InChI=1S/C21H22F2N6O7S2/c1-10(30)8-29-16(12(3)32)5-4-13-6-14(15(7-17(13)29)28-38(34,35)20(22)23)24-26-21-27-25-18(37-21)19(33)36-9-11(2)31/h6-7,16,20,28H,4-5,8-9H2,1-3H3. The number of benzene rings is 1. The van der Waals surface area contributed by atoms with Crippen molar-refractivity contribution in [3.63, 3.8) is 0 Å². The highest BCUT2D eigenvalue weighted by atomic mass is 32.2. The number of carbonyl (C=O) groups is 4. The Balaban J connectivity index is 2.02. The number of alkyl halides is 2. The van der Waals surface area contributed by atoms with Crippen LogP contribution in [0, 0.1) is 0 Å². The molecule has 0 fully saturated rings. The van der Waals surface area contributed by atoms with Crippen LogP contribution in [0.15, 0.2) is 22.4 Å². The van der Waals surface area contributed by atoms with Crippen molar-refractivity contribution in [2.45, 2.75) is 45.4 Å². The minimum Gasteiger partial charge on any atom is -0.452 e. The number of nitrogens with zero attached hydrogens (tertiary/aromatic N) is 5. The molecule has 0 amide bonds. The fourth-order valence-corrected chi connectivity index (χ4v) is 4.71. The van der Waals surface area contributed by atoms with Crippen LogP contribution in [0.3, 0.4) is 0 Å². The molecular weight excluding hydrogens is 550 g/mol. The SMILES string of the molecule is CC(=O)COC(=O)c1nnc(N=Nc2cc3c(cc2NS(=O)(=O)C(F)F)N(CC(C)=O)C(C(C)=O)CC3)s1. The van der Waals surface area contributed by atoms with E-state index in [1.165, 1.54) is 37.8 Å². The first-order valence-electron chi connectivity index (χ1n) is 10.9. The van der Waals surface area contributed by atoms with Gasteiger partial charge in [-0.2, -0.15) is 8.78 Å². The lowest BCUT2D eigenvalue weighted by atomic mass is 9.92. The zero-order chi connectivity index (χ0) is 28.2. The van der Waals surface area contributed by atoms with Gasteiger partial charge in [0, 0.05) is 5.69 Å². The number of carbonyl (C=O) groups excluding carboxylic acids is 4. The fourth-order valence-electron chi connectivity index (χ4n) is 3.59. The van der Waals surface area contributed by atoms with Crippen LogP contribution >= 0.6 is 11.3 Å². The number of esters is 1. The van der Waals surface area contributed by atoms with E-state index >= 15 is 0 Å². The summed E-state index contributed by atoms with van der Waals surface area (Å²) in [5.41, 5.74) is 0.344. The molecule has 17 heteroatoms. The Labute approximate surface area is 219 Å². The highest BCUT2D eigenvalue weighted by Gasteiger charge is 2.32. The molecule has 13 nitrogen and oxygen atoms in total. The van der Waals surface area contributed by atoms with Crippen molar-refractivity contribution in [2.24, 2.45) is 10.2 Å². The van der Waals surface area contributed by atoms with Crippen LogP contribution in [0.5, 0.6) is 0 Å². The third-order valence-corrected chi connectivity index (χ3v) is 6.92. The minimum atomic E-state index is -5.13. The molecule has 1 unspecified atom stereocenters. The predicted octanol–water partition coefficient (Wildman–Crippen LogP) is 2.96. The predicted molar refractivity (Wildman–Crippen MR) is 131 cm³/mol. The Kier molecular flexibility index (Phi) is 8.93. The zero-order valence-electron chi connectivity index (χ0n) is 20.3. The smallest absolute Gasteiger partial charge is 0.369 e. The summed E-state index contributed by atoms with van der Waals surface area (Å²) >= 11 is 0.665. The van der Waals surface area contributed by atoms with E-state index in [0.29, 0.717) is 35.4 Å². The number of halogens is 2. The molecule has 0 saturated carbocycles. The number of anilines is 2. The summed E-state index contributed by atoms with van der Waals surface area (Å²) in [6.45, 7) is 3.29. The summed E-state index contributed by atoms with van der Waals surface area (Å²) in [7, 11) is -5.13. The number of azo groups is 1. The van der Waals surface area contributed by atoms with Crippen LogP contribution in [0.1, 0.15) is 42.6 Å². The number of hydrogen-bond acceptors (Lipinski definition) is 13. The van der Waals surface area contributed by atoms with E-state index in [-0.39, 0.29) is 45.4 Å². The molecule has 1 aromatic heterocycles. The number of Topliss-reactive ketones (excluding diaryl/α,β-unsaturated/α-hetero) is 3. The van der Waals surface area contributed by atoms with Gasteiger partial charge >= 0.3 is 11.7 Å².